The SMILES string of the molecule is CCCC1CCC(NCc2ccc(Br)c(Br)c2)CC1. The molecule has 1 N–H and O–H groups in total. The molecule has 1 aliphatic rings. The number of hydrogen-bond acceptors (Lipinski definition) is 1. The number of rotatable bonds is 5. The summed E-state index contributed by atoms with van der Waals surface area (Å²) >= 11 is 7.07. The first kappa shape index (κ1) is 15.5. The predicted molar refractivity (Wildman–Crippen MR) is 89.3 cm³/mol. The molecule has 1 nitrogen and oxygen atoms in total. The topological polar surface area (TPSA) is 12.0 Å². The zero-order valence-electron chi connectivity index (χ0n) is 11.6. The molecule has 0 radical (unpaired) electrons. The summed E-state index contributed by atoms with van der Waals surface area (Å²) in [6, 6.07) is 7.21. The summed E-state index contributed by atoms with van der Waals surface area (Å²) in [4.78, 5) is 0. The molecule has 0 heterocycles. The highest BCUT2D eigenvalue weighted by atomic mass is 79.9. The van der Waals surface area contributed by atoms with Crippen molar-refractivity contribution in [3.8, 4) is 0 Å². The zero-order chi connectivity index (χ0) is 13.7. The third kappa shape index (κ3) is 4.87. The molecule has 2 rings (SSSR count). The van der Waals surface area contributed by atoms with Crippen molar-refractivity contribution in [1.82, 2.24) is 5.32 Å². The molecule has 1 aromatic rings. The van der Waals surface area contributed by atoms with Crippen LogP contribution < -0.4 is 5.32 Å². The van der Waals surface area contributed by atoms with E-state index in [2.05, 4.69) is 62.3 Å². The molecular formula is C16H23Br2N. The van der Waals surface area contributed by atoms with E-state index in [1.165, 1.54) is 44.1 Å². The molecule has 106 valence electrons. The maximum atomic E-state index is 3.71. The summed E-state index contributed by atoms with van der Waals surface area (Å²) in [5, 5.41) is 3.71. The van der Waals surface area contributed by atoms with Crippen molar-refractivity contribution in [3.05, 3.63) is 32.7 Å². The molecule has 0 unspecified atom stereocenters. The van der Waals surface area contributed by atoms with Gasteiger partial charge in [0.05, 0.1) is 0 Å². The van der Waals surface area contributed by atoms with Gasteiger partial charge in [0, 0.05) is 21.5 Å². The fourth-order valence-corrected chi connectivity index (χ4v) is 3.65. The van der Waals surface area contributed by atoms with Crippen LogP contribution in [0.25, 0.3) is 0 Å². The highest BCUT2D eigenvalue weighted by molar-refractivity contribution is 9.13. The molecule has 0 aromatic heterocycles. The van der Waals surface area contributed by atoms with E-state index < -0.39 is 0 Å². The van der Waals surface area contributed by atoms with Crippen molar-refractivity contribution in [2.45, 2.75) is 58.0 Å². The van der Waals surface area contributed by atoms with Crippen LogP contribution in [0.2, 0.25) is 0 Å². The Balaban J connectivity index is 1.75. The Kier molecular flexibility index (Phi) is 6.37. The Morgan fingerprint density at radius 2 is 1.84 bits per heavy atom. The average Bonchev–Trinajstić information content (AvgIpc) is 2.42. The number of benzene rings is 1. The molecule has 3 heteroatoms. The van der Waals surface area contributed by atoms with Gasteiger partial charge in [-0.1, -0.05) is 25.8 Å². The van der Waals surface area contributed by atoms with Crippen LogP contribution in [-0.4, -0.2) is 6.04 Å². The normalized spacial score (nSPS) is 23.5. The third-order valence-electron chi connectivity index (χ3n) is 4.12. The van der Waals surface area contributed by atoms with E-state index in [1.54, 1.807) is 0 Å². The highest BCUT2D eigenvalue weighted by Gasteiger charge is 2.19. The lowest BCUT2D eigenvalue weighted by molar-refractivity contribution is 0.277. The van der Waals surface area contributed by atoms with E-state index in [0.717, 1.165) is 27.4 Å². The van der Waals surface area contributed by atoms with Gasteiger partial charge in [0.2, 0.25) is 0 Å². The van der Waals surface area contributed by atoms with Crippen LogP contribution in [0.4, 0.5) is 0 Å². The van der Waals surface area contributed by atoms with Gasteiger partial charge in [-0.3, -0.25) is 0 Å². The van der Waals surface area contributed by atoms with Crippen LogP contribution in [0.15, 0.2) is 27.1 Å². The lowest BCUT2D eigenvalue weighted by Gasteiger charge is -2.29. The van der Waals surface area contributed by atoms with Crippen LogP contribution in [0, 0.1) is 5.92 Å². The van der Waals surface area contributed by atoms with Crippen molar-refractivity contribution in [1.29, 1.82) is 0 Å². The quantitative estimate of drug-likeness (QED) is 0.685. The monoisotopic (exact) mass is 387 g/mol. The van der Waals surface area contributed by atoms with Gasteiger partial charge in [-0.15, -0.1) is 0 Å². The first-order chi connectivity index (χ1) is 9.19. The Labute approximate surface area is 133 Å². The number of halogens is 2. The molecule has 0 amide bonds. The van der Waals surface area contributed by atoms with Crippen molar-refractivity contribution >= 4 is 31.9 Å². The molecule has 0 saturated heterocycles. The first-order valence-corrected chi connectivity index (χ1v) is 8.95. The molecule has 0 spiro atoms. The van der Waals surface area contributed by atoms with Crippen molar-refractivity contribution in [2.24, 2.45) is 5.92 Å². The lowest BCUT2D eigenvalue weighted by Crippen LogP contribution is -2.32. The summed E-state index contributed by atoms with van der Waals surface area (Å²) in [5.41, 5.74) is 1.35. The van der Waals surface area contributed by atoms with Crippen molar-refractivity contribution in [2.75, 3.05) is 0 Å². The third-order valence-corrected chi connectivity index (χ3v) is 6.00. The Morgan fingerprint density at radius 3 is 2.47 bits per heavy atom. The van der Waals surface area contributed by atoms with Gasteiger partial charge in [0.25, 0.3) is 0 Å². The highest BCUT2D eigenvalue weighted by Crippen LogP contribution is 2.28. The molecule has 1 saturated carbocycles. The minimum absolute atomic E-state index is 0.718. The molecule has 1 fully saturated rings. The van der Waals surface area contributed by atoms with Crippen LogP contribution in [0.3, 0.4) is 0 Å². The maximum absolute atomic E-state index is 3.71. The molecule has 19 heavy (non-hydrogen) atoms. The molecule has 1 aromatic carbocycles. The van der Waals surface area contributed by atoms with E-state index in [4.69, 9.17) is 0 Å². The second-order valence-corrected chi connectivity index (χ2v) is 7.34. The summed E-state index contributed by atoms with van der Waals surface area (Å²) in [6.07, 6.45) is 8.29. The van der Waals surface area contributed by atoms with E-state index in [-0.39, 0.29) is 0 Å². The summed E-state index contributed by atoms with van der Waals surface area (Å²) in [7, 11) is 0. The molecule has 0 bridgehead atoms. The van der Waals surface area contributed by atoms with Crippen LogP contribution in [0.1, 0.15) is 51.0 Å². The van der Waals surface area contributed by atoms with Gasteiger partial charge in [0.15, 0.2) is 0 Å². The van der Waals surface area contributed by atoms with Gasteiger partial charge < -0.3 is 5.32 Å². The van der Waals surface area contributed by atoms with E-state index >= 15 is 0 Å². The van der Waals surface area contributed by atoms with E-state index in [1.807, 2.05) is 0 Å². The standard InChI is InChI=1S/C16H23Br2N/c1-2-3-12-4-7-14(8-5-12)19-11-13-6-9-15(17)16(18)10-13/h6,9-10,12,14,19H,2-5,7-8,11H2,1H3. The fourth-order valence-electron chi connectivity index (χ4n) is 2.98. The van der Waals surface area contributed by atoms with Gasteiger partial charge in [0.1, 0.15) is 0 Å². The number of nitrogens with one attached hydrogen (secondary N) is 1. The minimum Gasteiger partial charge on any atom is -0.310 e. The van der Waals surface area contributed by atoms with Crippen molar-refractivity contribution in [3.63, 3.8) is 0 Å². The number of hydrogen-bond donors (Lipinski definition) is 1. The average molecular weight is 389 g/mol. The Hall–Kier alpha value is 0.140. The molecular weight excluding hydrogens is 366 g/mol. The first-order valence-electron chi connectivity index (χ1n) is 7.36. The van der Waals surface area contributed by atoms with Crippen LogP contribution in [0.5, 0.6) is 0 Å². The molecule has 1 aliphatic carbocycles. The second kappa shape index (κ2) is 7.80. The van der Waals surface area contributed by atoms with Crippen molar-refractivity contribution < 1.29 is 0 Å². The van der Waals surface area contributed by atoms with Crippen LogP contribution >= 0.6 is 31.9 Å². The van der Waals surface area contributed by atoms with E-state index in [0.29, 0.717) is 0 Å². The molecule has 0 atom stereocenters. The van der Waals surface area contributed by atoms with Gasteiger partial charge >= 0.3 is 0 Å². The largest absolute Gasteiger partial charge is 0.310 e. The summed E-state index contributed by atoms with van der Waals surface area (Å²) in [5.74, 6) is 0.991. The van der Waals surface area contributed by atoms with Crippen LogP contribution in [-0.2, 0) is 6.54 Å². The predicted octanol–water partition coefficient (Wildman–Crippen LogP) is 5.66. The lowest BCUT2D eigenvalue weighted by atomic mass is 9.83. The Bertz CT molecular complexity index is 398. The van der Waals surface area contributed by atoms with Gasteiger partial charge in [-0.2, -0.15) is 0 Å². The molecule has 0 aliphatic heterocycles. The van der Waals surface area contributed by atoms with Gasteiger partial charge in [-0.05, 0) is 81.2 Å². The Morgan fingerprint density at radius 1 is 1.11 bits per heavy atom. The summed E-state index contributed by atoms with van der Waals surface area (Å²) < 4.78 is 2.26. The summed E-state index contributed by atoms with van der Waals surface area (Å²) in [6.45, 7) is 3.28. The van der Waals surface area contributed by atoms with Gasteiger partial charge in [-0.25, -0.2) is 0 Å². The maximum Gasteiger partial charge on any atom is 0.0320 e. The fraction of sp³-hybridized carbons (Fsp3) is 0.625. The smallest absolute Gasteiger partial charge is 0.0320 e. The zero-order valence-corrected chi connectivity index (χ0v) is 14.8. The van der Waals surface area contributed by atoms with E-state index in [9.17, 15) is 0 Å². The minimum atomic E-state index is 0.718. The second-order valence-electron chi connectivity index (χ2n) is 5.64.